The highest BCUT2D eigenvalue weighted by atomic mass is 16.5. The van der Waals surface area contributed by atoms with Crippen LogP contribution in [0.5, 0.6) is 5.75 Å². The summed E-state index contributed by atoms with van der Waals surface area (Å²) in [5, 5.41) is 0.454. The summed E-state index contributed by atoms with van der Waals surface area (Å²) in [6, 6.07) is 12.8. The van der Waals surface area contributed by atoms with Gasteiger partial charge in [0.15, 0.2) is 0 Å². The third-order valence-electron chi connectivity index (χ3n) is 5.36. The van der Waals surface area contributed by atoms with Crippen LogP contribution in [0.2, 0.25) is 0 Å². The van der Waals surface area contributed by atoms with E-state index in [2.05, 4.69) is 31.9 Å². The number of piperazine rings is 1. The Morgan fingerprint density at radius 1 is 1.07 bits per heavy atom. The number of esters is 1. The predicted molar refractivity (Wildman–Crippen MR) is 114 cm³/mol. The van der Waals surface area contributed by atoms with Gasteiger partial charge in [-0.25, -0.2) is 9.78 Å². The summed E-state index contributed by atoms with van der Waals surface area (Å²) in [7, 11) is 2.99. The van der Waals surface area contributed by atoms with E-state index in [9.17, 15) is 9.59 Å². The first-order valence-corrected chi connectivity index (χ1v) is 9.80. The number of aromatic nitrogens is 2. The molecule has 3 aromatic rings. The third kappa shape index (κ3) is 4.13. The summed E-state index contributed by atoms with van der Waals surface area (Å²) >= 11 is 0. The molecule has 1 aliphatic rings. The molecule has 8 nitrogen and oxygen atoms in total. The Morgan fingerprint density at radius 2 is 1.80 bits per heavy atom. The molecule has 0 unspecified atom stereocenters. The maximum absolute atomic E-state index is 12.4. The summed E-state index contributed by atoms with van der Waals surface area (Å²) in [5.41, 5.74) is 1.84. The summed E-state index contributed by atoms with van der Waals surface area (Å²) < 4.78 is 9.97. The second-order valence-corrected chi connectivity index (χ2v) is 7.20. The number of carbonyl (C=O) groups excluding carboxylic acids is 1. The number of hydrogen-bond acceptors (Lipinski definition) is 7. The topological polar surface area (TPSA) is 87.8 Å². The van der Waals surface area contributed by atoms with E-state index in [-0.39, 0.29) is 5.56 Å². The average molecular weight is 408 g/mol. The number of nitrogens with one attached hydrogen (secondary N) is 1. The molecule has 2 heterocycles. The number of fused-ring (bicyclic) bond motifs is 1. The van der Waals surface area contributed by atoms with Gasteiger partial charge in [0, 0.05) is 31.9 Å². The largest absolute Gasteiger partial charge is 0.497 e. The van der Waals surface area contributed by atoms with Crippen LogP contribution in [0.1, 0.15) is 16.2 Å². The molecule has 8 heteroatoms. The molecule has 0 atom stereocenters. The van der Waals surface area contributed by atoms with Crippen molar-refractivity contribution in [2.24, 2.45) is 0 Å². The summed E-state index contributed by atoms with van der Waals surface area (Å²) in [5.74, 6) is 0.988. The lowest BCUT2D eigenvalue weighted by Gasteiger charge is -2.35. The number of hydrogen-bond donors (Lipinski definition) is 1. The Kier molecular flexibility index (Phi) is 5.67. The highest BCUT2D eigenvalue weighted by molar-refractivity contribution is 5.93. The number of ether oxygens (including phenoxy) is 2. The van der Waals surface area contributed by atoms with Gasteiger partial charge in [-0.3, -0.25) is 9.69 Å². The average Bonchev–Trinajstić information content (AvgIpc) is 2.79. The van der Waals surface area contributed by atoms with Gasteiger partial charge < -0.3 is 19.4 Å². The third-order valence-corrected chi connectivity index (χ3v) is 5.36. The van der Waals surface area contributed by atoms with Crippen LogP contribution in [0.4, 0.5) is 5.69 Å². The molecule has 0 amide bonds. The van der Waals surface area contributed by atoms with E-state index in [0.29, 0.717) is 28.8 Å². The van der Waals surface area contributed by atoms with E-state index in [0.717, 1.165) is 31.9 Å². The van der Waals surface area contributed by atoms with Crippen molar-refractivity contribution >= 4 is 22.6 Å². The van der Waals surface area contributed by atoms with Crippen LogP contribution in [-0.2, 0) is 11.3 Å². The normalized spacial score (nSPS) is 14.7. The SMILES string of the molecule is COC(=O)c1ccc2c(=O)[nH]c(CN3CCN(c4ccc(OC)cc4)CC3)nc2c1. The van der Waals surface area contributed by atoms with Crippen molar-refractivity contribution in [1.82, 2.24) is 14.9 Å². The molecular formula is C22H24N4O4. The lowest BCUT2D eigenvalue weighted by Crippen LogP contribution is -2.46. The number of nitrogens with zero attached hydrogens (tertiary/aromatic N) is 3. The fourth-order valence-electron chi connectivity index (χ4n) is 3.68. The van der Waals surface area contributed by atoms with E-state index in [1.807, 2.05) is 12.1 Å². The maximum Gasteiger partial charge on any atom is 0.337 e. The highest BCUT2D eigenvalue weighted by Gasteiger charge is 2.19. The molecule has 156 valence electrons. The van der Waals surface area contributed by atoms with Gasteiger partial charge in [-0.1, -0.05) is 0 Å². The van der Waals surface area contributed by atoms with Crippen LogP contribution in [0.15, 0.2) is 47.3 Å². The number of benzene rings is 2. The lowest BCUT2D eigenvalue weighted by molar-refractivity contribution is 0.0601. The Hall–Kier alpha value is -3.39. The van der Waals surface area contributed by atoms with E-state index in [1.165, 1.54) is 12.8 Å². The monoisotopic (exact) mass is 408 g/mol. The van der Waals surface area contributed by atoms with Crippen LogP contribution in [0.25, 0.3) is 10.9 Å². The summed E-state index contributed by atoms with van der Waals surface area (Å²) in [6.07, 6.45) is 0. The molecule has 4 rings (SSSR count). The van der Waals surface area contributed by atoms with Crippen molar-refractivity contribution in [1.29, 1.82) is 0 Å². The van der Waals surface area contributed by atoms with Crippen molar-refractivity contribution in [3.8, 4) is 5.75 Å². The number of rotatable bonds is 5. The predicted octanol–water partition coefficient (Wildman–Crippen LogP) is 2.04. The Balaban J connectivity index is 1.45. The van der Waals surface area contributed by atoms with Crippen LogP contribution >= 0.6 is 0 Å². The van der Waals surface area contributed by atoms with Crippen LogP contribution in [-0.4, -0.2) is 61.2 Å². The van der Waals surface area contributed by atoms with Gasteiger partial charge in [0.25, 0.3) is 5.56 Å². The fraction of sp³-hybridized carbons (Fsp3) is 0.318. The number of aromatic amines is 1. The number of anilines is 1. The highest BCUT2D eigenvalue weighted by Crippen LogP contribution is 2.21. The first-order chi connectivity index (χ1) is 14.6. The van der Waals surface area contributed by atoms with Crippen molar-refractivity contribution in [3.05, 3.63) is 64.2 Å². The van der Waals surface area contributed by atoms with Crippen LogP contribution in [0, 0.1) is 0 Å². The second-order valence-electron chi connectivity index (χ2n) is 7.20. The molecule has 1 aromatic heterocycles. The molecule has 2 aromatic carbocycles. The molecule has 0 radical (unpaired) electrons. The maximum atomic E-state index is 12.4. The van der Waals surface area contributed by atoms with Crippen molar-refractivity contribution in [2.45, 2.75) is 6.54 Å². The molecule has 1 aliphatic heterocycles. The molecule has 1 fully saturated rings. The van der Waals surface area contributed by atoms with Gasteiger partial charge in [-0.15, -0.1) is 0 Å². The van der Waals surface area contributed by atoms with Gasteiger partial charge in [0.2, 0.25) is 0 Å². The molecule has 30 heavy (non-hydrogen) atoms. The lowest BCUT2D eigenvalue weighted by atomic mass is 10.1. The summed E-state index contributed by atoms with van der Waals surface area (Å²) in [4.78, 5) is 36.2. The Bertz CT molecular complexity index is 1100. The number of H-pyrrole nitrogens is 1. The Labute approximate surface area is 174 Å². The molecule has 1 N–H and O–H groups in total. The van der Waals surface area contributed by atoms with Gasteiger partial charge >= 0.3 is 5.97 Å². The smallest absolute Gasteiger partial charge is 0.337 e. The molecule has 0 bridgehead atoms. The van der Waals surface area contributed by atoms with Gasteiger partial charge in [0.05, 0.1) is 37.2 Å². The second kappa shape index (κ2) is 8.54. The zero-order valence-corrected chi connectivity index (χ0v) is 17.1. The van der Waals surface area contributed by atoms with E-state index < -0.39 is 5.97 Å². The Morgan fingerprint density at radius 3 is 2.47 bits per heavy atom. The fourth-order valence-corrected chi connectivity index (χ4v) is 3.68. The van der Waals surface area contributed by atoms with Crippen molar-refractivity contribution < 1.29 is 14.3 Å². The van der Waals surface area contributed by atoms with Crippen LogP contribution < -0.4 is 15.2 Å². The van der Waals surface area contributed by atoms with Gasteiger partial charge in [0.1, 0.15) is 11.6 Å². The zero-order valence-electron chi connectivity index (χ0n) is 17.1. The van der Waals surface area contributed by atoms with E-state index >= 15 is 0 Å². The number of methoxy groups -OCH3 is 2. The first-order valence-electron chi connectivity index (χ1n) is 9.80. The van der Waals surface area contributed by atoms with E-state index in [1.54, 1.807) is 25.3 Å². The molecule has 0 aliphatic carbocycles. The number of carbonyl (C=O) groups is 1. The first kappa shape index (κ1) is 19.9. The standard InChI is InChI=1S/C22H24N4O4/c1-29-17-6-4-16(5-7-17)26-11-9-25(10-12-26)14-20-23-19-13-15(22(28)30-2)3-8-18(19)21(27)24-20/h3-8,13H,9-12,14H2,1-2H3,(H,23,24,27). The molecule has 1 saturated heterocycles. The van der Waals surface area contributed by atoms with Gasteiger partial charge in [-0.2, -0.15) is 0 Å². The van der Waals surface area contributed by atoms with E-state index in [4.69, 9.17) is 9.47 Å². The summed E-state index contributed by atoms with van der Waals surface area (Å²) in [6.45, 7) is 4.03. The molecule has 0 saturated carbocycles. The minimum Gasteiger partial charge on any atom is -0.497 e. The van der Waals surface area contributed by atoms with Crippen LogP contribution in [0.3, 0.4) is 0 Å². The van der Waals surface area contributed by atoms with Gasteiger partial charge in [-0.05, 0) is 42.5 Å². The molecular weight excluding hydrogens is 384 g/mol. The van der Waals surface area contributed by atoms with Crippen molar-refractivity contribution in [3.63, 3.8) is 0 Å². The minimum atomic E-state index is -0.449. The zero-order chi connectivity index (χ0) is 21.1. The van der Waals surface area contributed by atoms with Crippen molar-refractivity contribution in [2.75, 3.05) is 45.3 Å². The quantitative estimate of drug-likeness (QED) is 0.647. The molecule has 0 spiro atoms. The minimum absolute atomic E-state index is 0.205.